The first-order chi connectivity index (χ1) is 15.9. The molecular weight excluding hydrogens is 440 g/mol. The molecule has 1 unspecified atom stereocenters. The maximum absolute atomic E-state index is 13.3. The molecule has 6 nitrogen and oxygen atoms in total. The van der Waals surface area contributed by atoms with E-state index in [9.17, 15) is 4.79 Å². The number of terminal acetylenes is 1. The van der Waals surface area contributed by atoms with Gasteiger partial charge in [-0.05, 0) is 47.4 Å². The highest BCUT2D eigenvalue weighted by atomic mass is 35.5. The third-order valence-corrected chi connectivity index (χ3v) is 5.40. The predicted octanol–water partition coefficient (Wildman–Crippen LogP) is 5.81. The minimum Gasteiger partial charge on any atom is -0.493 e. The molecule has 0 spiro atoms. The van der Waals surface area contributed by atoms with Gasteiger partial charge >= 0.3 is 0 Å². The summed E-state index contributed by atoms with van der Waals surface area (Å²) in [4.78, 5) is 16.6. The average Bonchev–Trinajstić information content (AvgIpc) is 3.24. The van der Waals surface area contributed by atoms with E-state index in [0.717, 1.165) is 16.8 Å². The zero-order valence-corrected chi connectivity index (χ0v) is 19.8. The number of carbonyl (C=O) groups is 1. The number of carbonyl (C=O) groups excluding carboxylic acids is 1. The van der Waals surface area contributed by atoms with Gasteiger partial charge in [0.15, 0.2) is 17.6 Å². The fourth-order valence-electron chi connectivity index (χ4n) is 3.40. The van der Waals surface area contributed by atoms with Crippen molar-refractivity contribution in [3.8, 4) is 35.0 Å². The van der Waals surface area contributed by atoms with Crippen LogP contribution in [0.1, 0.15) is 37.1 Å². The SMILES string of the molecule is C#CCOC(C(=O)Nc1[nH]c(C(C)C)cc1-c1ccc(OC)c(OC)c1)c1ccc(Cl)cc1. The molecule has 1 heterocycles. The van der Waals surface area contributed by atoms with Gasteiger partial charge in [-0.2, -0.15) is 0 Å². The Morgan fingerprint density at radius 1 is 1.09 bits per heavy atom. The number of halogens is 1. The molecule has 1 aromatic heterocycles. The summed E-state index contributed by atoms with van der Waals surface area (Å²) in [5.74, 6) is 4.05. The van der Waals surface area contributed by atoms with Crippen LogP contribution in [0, 0.1) is 12.3 Å². The molecule has 0 aliphatic heterocycles. The van der Waals surface area contributed by atoms with E-state index < -0.39 is 6.10 Å². The van der Waals surface area contributed by atoms with Crippen LogP contribution in [-0.2, 0) is 9.53 Å². The highest BCUT2D eigenvalue weighted by molar-refractivity contribution is 6.30. The Hall–Kier alpha value is -3.40. The van der Waals surface area contributed by atoms with E-state index in [1.54, 1.807) is 38.5 Å². The lowest BCUT2D eigenvalue weighted by Gasteiger charge is -2.17. The van der Waals surface area contributed by atoms with Gasteiger partial charge < -0.3 is 24.5 Å². The number of amides is 1. The van der Waals surface area contributed by atoms with Crippen LogP contribution < -0.4 is 14.8 Å². The second-order valence-electron chi connectivity index (χ2n) is 7.67. The van der Waals surface area contributed by atoms with E-state index in [1.807, 2.05) is 24.3 Å². The van der Waals surface area contributed by atoms with Gasteiger partial charge in [0.1, 0.15) is 12.4 Å². The van der Waals surface area contributed by atoms with Crippen molar-refractivity contribution in [1.29, 1.82) is 0 Å². The summed E-state index contributed by atoms with van der Waals surface area (Å²) in [7, 11) is 3.17. The maximum atomic E-state index is 13.3. The van der Waals surface area contributed by atoms with Crippen LogP contribution in [0.25, 0.3) is 11.1 Å². The van der Waals surface area contributed by atoms with E-state index >= 15 is 0 Å². The van der Waals surface area contributed by atoms with Crippen LogP contribution in [0.2, 0.25) is 5.02 Å². The van der Waals surface area contributed by atoms with E-state index in [2.05, 4.69) is 30.1 Å². The summed E-state index contributed by atoms with van der Waals surface area (Å²) in [5, 5.41) is 3.55. The van der Waals surface area contributed by atoms with E-state index in [-0.39, 0.29) is 18.4 Å². The molecule has 7 heteroatoms. The largest absolute Gasteiger partial charge is 0.493 e. The highest BCUT2D eigenvalue weighted by Crippen LogP contribution is 2.37. The van der Waals surface area contributed by atoms with Crippen LogP contribution in [0.5, 0.6) is 11.5 Å². The lowest BCUT2D eigenvalue weighted by molar-refractivity contribution is -0.127. The number of nitrogens with one attached hydrogen (secondary N) is 2. The number of H-pyrrole nitrogens is 1. The number of aromatic amines is 1. The molecule has 2 aromatic carbocycles. The third kappa shape index (κ3) is 5.70. The van der Waals surface area contributed by atoms with E-state index in [0.29, 0.717) is 27.9 Å². The molecule has 1 atom stereocenters. The molecule has 0 aliphatic rings. The molecule has 33 heavy (non-hydrogen) atoms. The summed E-state index contributed by atoms with van der Waals surface area (Å²) in [6.07, 6.45) is 4.46. The molecule has 0 aliphatic carbocycles. The standard InChI is InChI=1S/C26H27ClN2O4/c1-6-13-33-24(17-7-10-19(27)11-8-17)26(30)29-25-20(15-21(28-25)16(2)3)18-9-12-22(31-4)23(14-18)32-5/h1,7-12,14-16,24,28H,13H2,2-5H3,(H,29,30). The Kier molecular flexibility index (Phi) is 8.05. The Morgan fingerprint density at radius 2 is 1.79 bits per heavy atom. The number of methoxy groups -OCH3 is 2. The summed E-state index contributed by atoms with van der Waals surface area (Å²) >= 11 is 6.00. The number of ether oxygens (including phenoxy) is 3. The molecule has 2 N–H and O–H groups in total. The molecule has 0 bridgehead atoms. The summed E-state index contributed by atoms with van der Waals surface area (Å²) in [6.45, 7) is 4.13. The average molecular weight is 467 g/mol. The minimum atomic E-state index is -0.901. The van der Waals surface area contributed by atoms with Crippen LogP contribution in [0.3, 0.4) is 0 Å². The van der Waals surface area contributed by atoms with Gasteiger partial charge in [-0.15, -0.1) is 6.42 Å². The van der Waals surface area contributed by atoms with Crippen molar-refractivity contribution in [2.24, 2.45) is 0 Å². The first-order valence-corrected chi connectivity index (χ1v) is 10.8. The molecule has 172 valence electrons. The van der Waals surface area contributed by atoms with Gasteiger partial charge in [0.25, 0.3) is 5.91 Å². The zero-order chi connectivity index (χ0) is 24.0. The number of hydrogen-bond donors (Lipinski definition) is 2. The van der Waals surface area contributed by atoms with Crippen LogP contribution in [0.4, 0.5) is 5.82 Å². The van der Waals surface area contributed by atoms with Crippen molar-refractivity contribution in [3.05, 3.63) is 64.8 Å². The van der Waals surface area contributed by atoms with Crippen LogP contribution in [0.15, 0.2) is 48.5 Å². The van der Waals surface area contributed by atoms with Crippen molar-refractivity contribution in [2.75, 3.05) is 26.1 Å². The number of benzene rings is 2. The van der Waals surface area contributed by atoms with Gasteiger partial charge in [-0.1, -0.05) is 49.6 Å². The molecule has 0 fully saturated rings. The van der Waals surface area contributed by atoms with E-state index in [1.165, 1.54) is 0 Å². The van der Waals surface area contributed by atoms with Crippen molar-refractivity contribution < 1.29 is 19.0 Å². The molecule has 0 saturated carbocycles. The van der Waals surface area contributed by atoms with Crippen LogP contribution >= 0.6 is 11.6 Å². The number of hydrogen-bond acceptors (Lipinski definition) is 4. The fourth-order valence-corrected chi connectivity index (χ4v) is 3.52. The first kappa shape index (κ1) is 24.2. The normalized spacial score (nSPS) is 11.7. The summed E-state index contributed by atoms with van der Waals surface area (Å²) in [6, 6.07) is 14.5. The van der Waals surface area contributed by atoms with Gasteiger partial charge in [0.05, 0.1) is 14.2 Å². The lowest BCUT2D eigenvalue weighted by Crippen LogP contribution is -2.24. The predicted molar refractivity (Wildman–Crippen MR) is 131 cm³/mol. The Labute approximate surface area is 199 Å². The lowest BCUT2D eigenvalue weighted by atomic mass is 10.0. The van der Waals surface area contributed by atoms with E-state index in [4.69, 9.17) is 32.2 Å². The van der Waals surface area contributed by atoms with Gasteiger partial charge in [0.2, 0.25) is 0 Å². The monoisotopic (exact) mass is 466 g/mol. The second kappa shape index (κ2) is 11.0. The third-order valence-electron chi connectivity index (χ3n) is 5.15. The van der Waals surface area contributed by atoms with Gasteiger partial charge in [-0.25, -0.2) is 0 Å². The zero-order valence-electron chi connectivity index (χ0n) is 19.1. The number of anilines is 1. The molecule has 3 aromatic rings. The maximum Gasteiger partial charge on any atom is 0.259 e. The smallest absolute Gasteiger partial charge is 0.259 e. The summed E-state index contributed by atoms with van der Waals surface area (Å²) in [5.41, 5.74) is 3.30. The Balaban J connectivity index is 1.98. The Bertz CT molecular complexity index is 1150. The first-order valence-electron chi connectivity index (χ1n) is 10.4. The van der Waals surface area contributed by atoms with Gasteiger partial charge in [-0.3, -0.25) is 4.79 Å². The topological polar surface area (TPSA) is 72.6 Å². The minimum absolute atomic E-state index is 0.00871. The molecule has 3 rings (SSSR count). The van der Waals surface area contributed by atoms with Crippen molar-refractivity contribution in [2.45, 2.75) is 25.9 Å². The number of rotatable bonds is 9. The van der Waals surface area contributed by atoms with Gasteiger partial charge in [0, 0.05) is 16.3 Å². The second-order valence-corrected chi connectivity index (χ2v) is 8.11. The molecule has 1 amide bonds. The molecule has 0 radical (unpaired) electrons. The van der Waals surface area contributed by atoms with Crippen molar-refractivity contribution >= 4 is 23.3 Å². The highest BCUT2D eigenvalue weighted by Gasteiger charge is 2.24. The summed E-state index contributed by atoms with van der Waals surface area (Å²) < 4.78 is 16.5. The molecule has 0 saturated heterocycles. The van der Waals surface area contributed by atoms with Crippen molar-refractivity contribution in [1.82, 2.24) is 4.98 Å². The fraction of sp³-hybridized carbons (Fsp3) is 0.269. The van der Waals surface area contributed by atoms with Crippen molar-refractivity contribution in [3.63, 3.8) is 0 Å². The van der Waals surface area contributed by atoms with Crippen LogP contribution in [-0.4, -0.2) is 31.7 Å². The number of aromatic nitrogens is 1. The quantitative estimate of drug-likeness (QED) is 0.390. The molecular formula is C26H27ClN2O4. The Morgan fingerprint density at radius 3 is 2.39 bits per heavy atom.